The Labute approximate surface area is 133 Å². The molecule has 2 N–H and O–H groups in total. The average Bonchev–Trinajstić information content (AvgIpc) is 2.34. The molecule has 0 aromatic heterocycles. The van der Waals surface area contributed by atoms with Gasteiger partial charge in [0.2, 0.25) is 0 Å². The normalized spacial score (nSPS) is 26.9. The summed E-state index contributed by atoms with van der Waals surface area (Å²) in [6, 6.07) is 0.0526. The minimum absolute atomic E-state index is 0.0526. The van der Waals surface area contributed by atoms with Crippen molar-refractivity contribution < 1.29 is 19.1 Å². The maximum Gasteiger partial charge on any atom is 0.407 e. The molecule has 2 amide bonds. The summed E-state index contributed by atoms with van der Waals surface area (Å²) < 4.78 is 9.88. The van der Waals surface area contributed by atoms with Crippen LogP contribution in [0.4, 0.5) is 9.59 Å². The first-order valence-corrected chi connectivity index (χ1v) is 8.03. The molecule has 0 saturated heterocycles. The van der Waals surface area contributed by atoms with E-state index in [4.69, 9.17) is 9.47 Å². The third-order valence-corrected chi connectivity index (χ3v) is 3.98. The summed E-state index contributed by atoms with van der Waals surface area (Å²) in [4.78, 5) is 23.2. The fourth-order valence-corrected chi connectivity index (χ4v) is 3.68. The van der Waals surface area contributed by atoms with Gasteiger partial charge in [-0.3, -0.25) is 0 Å². The lowest BCUT2D eigenvalue weighted by Crippen LogP contribution is -2.50. The molecule has 1 saturated carbocycles. The predicted octanol–water partition coefficient (Wildman–Crippen LogP) is 3.06. The Balaban J connectivity index is 2.65. The van der Waals surface area contributed by atoms with E-state index in [0.29, 0.717) is 19.8 Å². The molecule has 2 atom stereocenters. The van der Waals surface area contributed by atoms with E-state index < -0.39 is 0 Å². The summed E-state index contributed by atoms with van der Waals surface area (Å²) in [6.45, 7) is 11.4. The van der Waals surface area contributed by atoms with Crippen LogP contribution in [0.25, 0.3) is 0 Å². The zero-order chi connectivity index (χ0) is 16.8. The molecule has 6 nitrogen and oxygen atoms in total. The van der Waals surface area contributed by atoms with E-state index in [1.807, 2.05) is 0 Å². The number of amides is 2. The van der Waals surface area contributed by atoms with Gasteiger partial charge in [-0.2, -0.15) is 0 Å². The molecule has 0 bridgehead atoms. The van der Waals surface area contributed by atoms with E-state index in [9.17, 15) is 9.59 Å². The van der Waals surface area contributed by atoms with Gasteiger partial charge in [-0.1, -0.05) is 20.8 Å². The van der Waals surface area contributed by atoms with Crippen molar-refractivity contribution in [1.82, 2.24) is 10.6 Å². The number of alkyl carbamates (subject to hydrolysis) is 2. The van der Waals surface area contributed by atoms with Gasteiger partial charge < -0.3 is 20.1 Å². The van der Waals surface area contributed by atoms with Crippen LogP contribution in [0.3, 0.4) is 0 Å². The lowest BCUT2D eigenvalue weighted by Gasteiger charge is -2.46. The van der Waals surface area contributed by atoms with Crippen LogP contribution >= 0.6 is 0 Å². The second kappa shape index (κ2) is 7.70. The predicted molar refractivity (Wildman–Crippen MR) is 84.7 cm³/mol. The number of carbonyl (C=O) groups excluding carboxylic acids is 2. The summed E-state index contributed by atoms with van der Waals surface area (Å²) in [7, 11) is 0. The topological polar surface area (TPSA) is 76.7 Å². The number of rotatable bonds is 5. The van der Waals surface area contributed by atoms with Gasteiger partial charge in [-0.05, 0) is 43.9 Å². The van der Waals surface area contributed by atoms with Crippen LogP contribution < -0.4 is 10.6 Å². The Kier molecular flexibility index (Phi) is 6.50. The number of hydrogen-bond acceptors (Lipinski definition) is 4. The summed E-state index contributed by atoms with van der Waals surface area (Å²) in [6.07, 6.45) is 1.93. The fourth-order valence-electron chi connectivity index (χ4n) is 3.68. The molecule has 128 valence electrons. The molecule has 0 heterocycles. The highest BCUT2D eigenvalue weighted by molar-refractivity contribution is 5.68. The van der Waals surface area contributed by atoms with E-state index in [1.165, 1.54) is 0 Å². The van der Waals surface area contributed by atoms with Crippen molar-refractivity contribution in [2.45, 2.75) is 59.9 Å². The minimum atomic E-state index is -0.387. The first-order valence-electron chi connectivity index (χ1n) is 8.03. The van der Waals surface area contributed by atoms with Crippen LogP contribution in [0.2, 0.25) is 0 Å². The van der Waals surface area contributed by atoms with Crippen LogP contribution in [-0.4, -0.2) is 38.0 Å². The molecule has 2 unspecified atom stereocenters. The summed E-state index contributed by atoms with van der Waals surface area (Å²) in [5.41, 5.74) is 0.00613. The number of nitrogens with one attached hydrogen (secondary N) is 2. The van der Waals surface area contributed by atoms with Gasteiger partial charge in [0.1, 0.15) is 0 Å². The second-order valence-electron chi connectivity index (χ2n) is 7.20. The Bertz CT molecular complexity index is 398. The van der Waals surface area contributed by atoms with Crippen LogP contribution in [-0.2, 0) is 9.47 Å². The zero-order valence-corrected chi connectivity index (χ0v) is 14.5. The van der Waals surface area contributed by atoms with Crippen molar-refractivity contribution >= 4 is 12.2 Å². The molecule has 0 radical (unpaired) electrons. The second-order valence-corrected chi connectivity index (χ2v) is 7.20. The maximum absolute atomic E-state index is 11.7. The Morgan fingerprint density at radius 1 is 1.05 bits per heavy atom. The highest BCUT2D eigenvalue weighted by Gasteiger charge is 2.42. The summed E-state index contributed by atoms with van der Waals surface area (Å²) in [5.74, 6) is 0. The molecule has 0 aromatic carbocycles. The van der Waals surface area contributed by atoms with Crippen LogP contribution in [0, 0.1) is 10.8 Å². The molecule has 0 spiro atoms. The van der Waals surface area contributed by atoms with Crippen LogP contribution in [0.15, 0.2) is 0 Å². The molecule has 1 aliphatic rings. The zero-order valence-electron chi connectivity index (χ0n) is 14.5. The Morgan fingerprint density at radius 3 is 2.23 bits per heavy atom. The molecule has 22 heavy (non-hydrogen) atoms. The fraction of sp³-hybridized carbons (Fsp3) is 0.875. The van der Waals surface area contributed by atoms with Crippen molar-refractivity contribution in [3.05, 3.63) is 0 Å². The Hall–Kier alpha value is -1.46. The van der Waals surface area contributed by atoms with Crippen molar-refractivity contribution in [2.75, 3.05) is 19.8 Å². The van der Waals surface area contributed by atoms with E-state index in [0.717, 1.165) is 19.3 Å². The van der Waals surface area contributed by atoms with Gasteiger partial charge >= 0.3 is 12.2 Å². The highest BCUT2D eigenvalue weighted by Crippen LogP contribution is 2.45. The smallest absolute Gasteiger partial charge is 0.407 e. The summed E-state index contributed by atoms with van der Waals surface area (Å²) >= 11 is 0. The average molecular weight is 314 g/mol. The minimum Gasteiger partial charge on any atom is -0.450 e. The van der Waals surface area contributed by atoms with Crippen molar-refractivity contribution in [3.63, 3.8) is 0 Å². The van der Waals surface area contributed by atoms with E-state index >= 15 is 0 Å². The van der Waals surface area contributed by atoms with E-state index in [2.05, 4.69) is 31.4 Å². The summed E-state index contributed by atoms with van der Waals surface area (Å²) in [5, 5.41) is 5.76. The van der Waals surface area contributed by atoms with Gasteiger partial charge in [0, 0.05) is 12.6 Å². The number of carbonyl (C=O) groups is 2. The molecule has 1 aliphatic carbocycles. The van der Waals surface area contributed by atoms with Gasteiger partial charge in [-0.25, -0.2) is 9.59 Å². The quantitative estimate of drug-likeness (QED) is 0.817. The maximum atomic E-state index is 11.7. The first kappa shape index (κ1) is 18.6. The van der Waals surface area contributed by atoms with Gasteiger partial charge in [-0.15, -0.1) is 0 Å². The highest BCUT2D eigenvalue weighted by atomic mass is 16.6. The van der Waals surface area contributed by atoms with Crippen molar-refractivity contribution in [3.8, 4) is 0 Å². The third kappa shape index (κ3) is 6.12. The van der Waals surface area contributed by atoms with Crippen molar-refractivity contribution in [1.29, 1.82) is 0 Å². The van der Waals surface area contributed by atoms with E-state index in [1.54, 1.807) is 13.8 Å². The van der Waals surface area contributed by atoms with Crippen LogP contribution in [0.5, 0.6) is 0 Å². The van der Waals surface area contributed by atoms with Gasteiger partial charge in [0.05, 0.1) is 13.2 Å². The molecule has 1 fully saturated rings. The third-order valence-electron chi connectivity index (χ3n) is 3.98. The van der Waals surface area contributed by atoms with Gasteiger partial charge in [0.25, 0.3) is 0 Å². The van der Waals surface area contributed by atoms with Crippen LogP contribution in [0.1, 0.15) is 53.9 Å². The molecular weight excluding hydrogens is 284 g/mol. The molecule has 0 aromatic rings. The molecule has 0 aliphatic heterocycles. The number of hydrogen-bond donors (Lipinski definition) is 2. The van der Waals surface area contributed by atoms with Gasteiger partial charge in [0.15, 0.2) is 0 Å². The standard InChI is InChI=1S/C16H30N2O4/c1-6-21-13(19)17-11-16(5)9-12(8-15(3,4)10-16)18-14(20)22-7-2/h12H,6-11H2,1-5H3,(H,17,19)(H,18,20). The SMILES string of the molecule is CCOC(=O)NCC1(C)CC(NC(=O)OCC)CC(C)(C)C1. The molecule has 1 rings (SSSR count). The van der Waals surface area contributed by atoms with E-state index in [-0.39, 0.29) is 29.1 Å². The largest absolute Gasteiger partial charge is 0.450 e. The first-order chi connectivity index (χ1) is 10.2. The van der Waals surface area contributed by atoms with Crippen molar-refractivity contribution in [2.24, 2.45) is 10.8 Å². The monoisotopic (exact) mass is 314 g/mol. The lowest BCUT2D eigenvalue weighted by molar-refractivity contribution is 0.0633. The molecule has 6 heteroatoms. The Morgan fingerprint density at radius 2 is 1.64 bits per heavy atom. The number of ether oxygens (including phenoxy) is 2. The lowest BCUT2D eigenvalue weighted by atomic mass is 9.62. The molecular formula is C16H30N2O4.